The first kappa shape index (κ1) is 5.99. The van der Waals surface area contributed by atoms with Crippen molar-refractivity contribution in [3.63, 3.8) is 0 Å². The number of amides is 2. The summed E-state index contributed by atoms with van der Waals surface area (Å²) in [4.78, 5) is 9.63. The lowest BCUT2D eigenvalue weighted by atomic mass is 11.2. The van der Waals surface area contributed by atoms with Crippen LogP contribution in [0.5, 0.6) is 0 Å². The van der Waals surface area contributed by atoms with Crippen LogP contribution in [-0.4, -0.2) is 6.03 Å². The van der Waals surface area contributed by atoms with E-state index in [-0.39, 0.29) is 8.08 Å². The van der Waals surface area contributed by atoms with Gasteiger partial charge in [0.25, 0.3) is 0 Å². The molecule has 0 aromatic rings. The van der Waals surface area contributed by atoms with E-state index in [1.54, 1.807) is 0 Å². The van der Waals surface area contributed by atoms with Crippen LogP contribution in [0.15, 0.2) is 0 Å². The molecular weight excluding hydrogens is 122 g/mol. The number of hydrogen-bond acceptors (Lipinski definition) is 1. The second kappa shape index (κ2) is 3.19. The third-order valence-corrected chi connectivity index (χ3v) is 0.795. The van der Waals surface area contributed by atoms with Crippen molar-refractivity contribution in [2.24, 2.45) is 5.73 Å². The summed E-state index contributed by atoms with van der Waals surface area (Å²) >= 11 is 5.01. The van der Waals surface area contributed by atoms with Crippen molar-refractivity contribution in [1.82, 2.24) is 5.09 Å². The van der Waals surface area contributed by atoms with Crippen LogP contribution in [0.1, 0.15) is 0 Å². The standard InChI is InChI=1S/CH4ClN2OP/c2-6-4-1(3)5/h6H,(H3,3,4,5). The van der Waals surface area contributed by atoms with Crippen LogP contribution in [0.4, 0.5) is 4.79 Å². The summed E-state index contributed by atoms with van der Waals surface area (Å²) < 4.78 is 0. The van der Waals surface area contributed by atoms with Gasteiger partial charge in [0.1, 0.15) is 0 Å². The van der Waals surface area contributed by atoms with Gasteiger partial charge >= 0.3 is 6.03 Å². The highest BCUT2D eigenvalue weighted by molar-refractivity contribution is 7.67. The van der Waals surface area contributed by atoms with Crippen LogP contribution in [0.2, 0.25) is 0 Å². The molecule has 2 amide bonds. The number of rotatable bonds is 1. The first-order valence-electron chi connectivity index (χ1n) is 1.18. The predicted octanol–water partition coefficient (Wildman–Crippen LogP) is 0.402. The van der Waals surface area contributed by atoms with E-state index in [0.29, 0.717) is 0 Å². The number of carbonyl (C=O) groups excluding carboxylic acids is 1. The maximum Gasteiger partial charge on any atom is 0.316 e. The Kier molecular flexibility index (Phi) is 3.19. The maximum atomic E-state index is 9.63. The molecule has 0 saturated heterocycles. The molecule has 0 bridgehead atoms. The zero-order valence-corrected chi connectivity index (χ0v) is 4.62. The molecule has 0 spiro atoms. The number of urea groups is 1. The maximum absolute atomic E-state index is 9.63. The van der Waals surface area contributed by atoms with E-state index in [1.807, 2.05) is 0 Å². The van der Waals surface area contributed by atoms with Crippen molar-refractivity contribution >= 4 is 25.4 Å². The highest BCUT2D eigenvalue weighted by Gasteiger charge is 1.81. The molecular formula is CH4ClN2OP. The molecule has 36 valence electrons. The molecule has 5 heteroatoms. The van der Waals surface area contributed by atoms with Gasteiger partial charge in [-0.05, 0) is 0 Å². The van der Waals surface area contributed by atoms with Gasteiger partial charge < -0.3 is 10.8 Å². The largest absolute Gasteiger partial charge is 0.351 e. The Bertz CT molecular complexity index is 57.5. The Morgan fingerprint density at radius 2 is 2.50 bits per heavy atom. The number of nitrogens with two attached hydrogens (primary N) is 1. The van der Waals surface area contributed by atoms with Crippen LogP contribution in [0, 0.1) is 0 Å². The second-order valence-corrected chi connectivity index (χ2v) is 1.59. The fraction of sp³-hybridized carbons (Fsp3) is 0. The van der Waals surface area contributed by atoms with Crippen molar-refractivity contribution in [3.05, 3.63) is 0 Å². The molecule has 0 heterocycles. The molecule has 0 aromatic carbocycles. The first-order valence-corrected chi connectivity index (χ1v) is 3.19. The SMILES string of the molecule is NC(=O)NPCl. The number of carbonyl (C=O) groups is 1. The van der Waals surface area contributed by atoms with Crippen LogP contribution in [0.25, 0.3) is 0 Å². The van der Waals surface area contributed by atoms with E-state index in [1.165, 1.54) is 0 Å². The summed E-state index contributed by atoms with van der Waals surface area (Å²) in [6.45, 7) is 0. The topological polar surface area (TPSA) is 55.1 Å². The number of primary amides is 1. The molecule has 0 aliphatic carbocycles. The third kappa shape index (κ3) is 3.99. The van der Waals surface area contributed by atoms with Gasteiger partial charge in [0.2, 0.25) is 0 Å². The van der Waals surface area contributed by atoms with Crippen molar-refractivity contribution in [1.29, 1.82) is 0 Å². The summed E-state index contributed by atoms with van der Waals surface area (Å²) in [5.74, 6) is 0. The Hall–Kier alpha value is -0.0100. The fourth-order valence-corrected chi connectivity index (χ4v) is 0.419. The zero-order chi connectivity index (χ0) is 4.99. The van der Waals surface area contributed by atoms with Gasteiger partial charge in [-0.1, -0.05) is 11.2 Å². The molecule has 0 fully saturated rings. The van der Waals surface area contributed by atoms with Gasteiger partial charge in [-0.25, -0.2) is 4.79 Å². The Morgan fingerprint density at radius 3 is 2.50 bits per heavy atom. The van der Waals surface area contributed by atoms with Crippen LogP contribution in [0.3, 0.4) is 0 Å². The lowest BCUT2D eigenvalue weighted by Gasteiger charge is -1.86. The smallest absolute Gasteiger partial charge is 0.316 e. The minimum atomic E-state index is -0.580. The van der Waals surface area contributed by atoms with E-state index in [0.717, 1.165) is 0 Å². The van der Waals surface area contributed by atoms with Crippen molar-refractivity contribution in [2.75, 3.05) is 0 Å². The van der Waals surface area contributed by atoms with E-state index >= 15 is 0 Å². The van der Waals surface area contributed by atoms with Gasteiger partial charge in [-0.3, -0.25) is 0 Å². The molecule has 0 saturated carbocycles. The minimum absolute atomic E-state index is 0.114. The summed E-state index contributed by atoms with van der Waals surface area (Å²) in [6.07, 6.45) is 0. The van der Waals surface area contributed by atoms with Gasteiger partial charge in [-0.15, -0.1) is 0 Å². The predicted molar refractivity (Wildman–Crippen MR) is 26.9 cm³/mol. The molecule has 1 atom stereocenters. The number of halogens is 1. The van der Waals surface area contributed by atoms with Gasteiger partial charge in [0, 0.05) is 0 Å². The molecule has 0 aliphatic rings. The summed E-state index contributed by atoms with van der Waals surface area (Å²) in [7, 11) is -0.114. The van der Waals surface area contributed by atoms with Crippen molar-refractivity contribution < 1.29 is 4.79 Å². The molecule has 0 radical (unpaired) electrons. The zero-order valence-electron chi connectivity index (χ0n) is 2.86. The van der Waals surface area contributed by atoms with Crippen LogP contribution >= 0.6 is 19.3 Å². The average Bonchev–Trinajstić information content (AvgIpc) is 1.35. The Morgan fingerprint density at radius 1 is 2.00 bits per heavy atom. The highest BCUT2D eigenvalue weighted by Crippen LogP contribution is 2.06. The van der Waals surface area contributed by atoms with E-state index < -0.39 is 6.03 Å². The van der Waals surface area contributed by atoms with E-state index in [2.05, 4.69) is 10.8 Å². The summed E-state index contributed by atoms with van der Waals surface area (Å²) in [5, 5.41) is 2.14. The molecule has 3 nitrogen and oxygen atoms in total. The van der Waals surface area contributed by atoms with Crippen LogP contribution in [-0.2, 0) is 0 Å². The lowest BCUT2D eigenvalue weighted by Crippen LogP contribution is -2.20. The Balaban J connectivity index is 2.83. The molecule has 0 aliphatic heterocycles. The number of hydrogen-bond donors (Lipinski definition) is 2. The van der Waals surface area contributed by atoms with Crippen LogP contribution < -0.4 is 10.8 Å². The average molecular weight is 126 g/mol. The monoisotopic (exact) mass is 126 g/mol. The van der Waals surface area contributed by atoms with Crippen molar-refractivity contribution in [2.45, 2.75) is 0 Å². The quantitative estimate of drug-likeness (QED) is 0.491. The fourth-order valence-electron chi connectivity index (χ4n) is 0.0466. The lowest BCUT2D eigenvalue weighted by molar-refractivity contribution is 0.254. The van der Waals surface area contributed by atoms with Gasteiger partial charge in [0.15, 0.2) is 0 Å². The van der Waals surface area contributed by atoms with E-state index in [9.17, 15) is 4.79 Å². The Labute approximate surface area is 41.9 Å². The highest BCUT2D eigenvalue weighted by atomic mass is 35.7. The van der Waals surface area contributed by atoms with Gasteiger partial charge in [-0.2, -0.15) is 0 Å². The molecule has 6 heavy (non-hydrogen) atoms. The summed E-state index contributed by atoms with van der Waals surface area (Å²) in [6, 6.07) is -0.580. The summed E-state index contributed by atoms with van der Waals surface area (Å²) in [5.41, 5.74) is 4.58. The molecule has 3 N–H and O–H groups in total. The van der Waals surface area contributed by atoms with Gasteiger partial charge in [0.05, 0.1) is 8.08 Å². The first-order chi connectivity index (χ1) is 2.77. The second-order valence-electron chi connectivity index (χ2n) is 0.584. The normalized spacial score (nSPS) is 9.50. The molecule has 1 unspecified atom stereocenters. The van der Waals surface area contributed by atoms with Crippen molar-refractivity contribution in [3.8, 4) is 0 Å². The van der Waals surface area contributed by atoms with E-state index in [4.69, 9.17) is 11.2 Å². The third-order valence-electron chi connectivity index (χ3n) is 0.170. The molecule has 0 rings (SSSR count). The minimum Gasteiger partial charge on any atom is -0.351 e. The number of nitrogens with one attached hydrogen (secondary N) is 1. The molecule has 0 aromatic heterocycles.